The number of carbonyl (C=O) groups excluding carboxylic acids is 1. The highest BCUT2D eigenvalue weighted by molar-refractivity contribution is 5.86. The third-order valence-electron chi connectivity index (χ3n) is 5.23. The zero-order valence-electron chi connectivity index (χ0n) is 15.7. The van der Waals surface area contributed by atoms with E-state index in [1.165, 1.54) is 0 Å². The number of aromatic nitrogens is 1. The highest BCUT2D eigenvalue weighted by Crippen LogP contribution is 2.44. The van der Waals surface area contributed by atoms with Crippen molar-refractivity contribution < 1.29 is 18.7 Å². The number of benzene rings is 2. The van der Waals surface area contributed by atoms with E-state index in [0.717, 1.165) is 27.8 Å². The third kappa shape index (κ3) is 3.33. The van der Waals surface area contributed by atoms with E-state index in [1.54, 1.807) is 12.3 Å². The molecule has 2 aromatic heterocycles. The van der Waals surface area contributed by atoms with E-state index in [-0.39, 0.29) is 25.0 Å². The molecule has 2 N–H and O–H groups in total. The zero-order chi connectivity index (χ0) is 19.6. The lowest BCUT2D eigenvalue weighted by molar-refractivity contribution is -0.121. The second-order valence-corrected chi connectivity index (χ2v) is 6.98. The van der Waals surface area contributed by atoms with Crippen LogP contribution in [0.2, 0.25) is 0 Å². The lowest BCUT2D eigenvalue weighted by Gasteiger charge is -2.18. The molecule has 1 aliphatic heterocycles. The van der Waals surface area contributed by atoms with Crippen molar-refractivity contribution in [2.24, 2.45) is 0 Å². The van der Waals surface area contributed by atoms with Gasteiger partial charge in [-0.15, -0.1) is 0 Å². The van der Waals surface area contributed by atoms with Crippen molar-refractivity contribution >= 4 is 16.8 Å². The molecule has 5 rings (SSSR count). The van der Waals surface area contributed by atoms with Gasteiger partial charge in [0.25, 0.3) is 0 Å². The fourth-order valence-electron chi connectivity index (χ4n) is 3.85. The Balaban J connectivity index is 1.50. The summed E-state index contributed by atoms with van der Waals surface area (Å²) in [7, 11) is 0. The molecule has 0 saturated carbocycles. The fraction of sp³-hybridized carbons (Fsp3) is 0.174. The van der Waals surface area contributed by atoms with Crippen molar-refractivity contribution in [3.05, 3.63) is 83.9 Å². The number of furan rings is 1. The third-order valence-corrected chi connectivity index (χ3v) is 5.23. The highest BCUT2D eigenvalue weighted by Gasteiger charge is 2.28. The van der Waals surface area contributed by atoms with Gasteiger partial charge in [0, 0.05) is 35.0 Å². The summed E-state index contributed by atoms with van der Waals surface area (Å²) in [5.41, 5.74) is 3.03. The summed E-state index contributed by atoms with van der Waals surface area (Å²) in [6.45, 7) is 0.552. The molecule has 146 valence electrons. The molecule has 0 aliphatic carbocycles. The standard InChI is InChI=1S/C23H20N2O4/c26-22(25-12-15-5-4-10-27-15)11-18(17-7-3-9-21-23(17)29-14-28-21)19-13-24-20-8-2-1-6-16(19)20/h1-10,13,18,24H,11-12,14H2,(H,25,26)/t18-/m1/s1. The largest absolute Gasteiger partial charge is 0.467 e. The van der Waals surface area contributed by atoms with Crippen LogP contribution < -0.4 is 14.8 Å². The maximum atomic E-state index is 12.8. The van der Waals surface area contributed by atoms with E-state index < -0.39 is 0 Å². The Morgan fingerprint density at radius 1 is 1.03 bits per heavy atom. The van der Waals surface area contributed by atoms with Crippen molar-refractivity contribution in [1.29, 1.82) is 0 Å². The number of ether oxygens (including phenoxy) is 2. The second-order valence-electron chi connectivity index (χ2n) is 6.98. The summed E-state index contributed by atoms with van der Waals surface area (Å²) in [4.78, 5) is 16.1. The molecular formula is C23H20N2O4. The summed E-state index contributed by atoms with van der Waals surface area (Å²) in [6.07, 6.45) is 3.85. The summed E-state index contributed by atoms with van der Waals surface area (Å²) >= 11 is 0. The lowest BCUT2D eigenvalue weighted by Crippen LogP contribution is -2.24. The molecule has 0 bridgehead atoms. The Hall–Kier alpha value is -3.67. The van der Waals surface area contributed by atoms with Gasteiger partial charge < -0.3 is 24.2 Å². The molecule has 0 radical (unpaired) electrons. The minimum atomic E-state index is -0.181. The van der Waals surface area contributed by atoms with Crippen LogP contribution in [0.1, 0.15) is 29.2 Å². The van der Waals surface area contributed by atoms with E-state index >= 15 is 0 Å². The van der Waals surface area contributed by atoms with Crippen molar-refractivity contribution in [3.8, 4) is 11.5 Å². The Morgan fingerprint density at radius 2 is 1.97 bits per heavy atom. The van der Waals surface area contributed by atoms with Crippen LogP contribution in [0.15, 0.2) is 71.5 Å². The van der Waals surface area contributed by atoms with Crippen molar-refractivity contribution in [1.82, 2.24) is 10.3 Å². The number of amides is 1. The van der Waals surface area contributed by atoms with E-state index in [0.29, 0.717) is 18.0 Å². The highest BCUT2D eigenvalue weighted by atomic mass is 16.7. The predicted octanol–water partition coefficient (Wildman–Crippen LogP) is 4.33. The first-order valence-electron chi connectivity index (χ1n) is 9.53. The number of hydrogen-bond acceptors (Lipinski definition) is 4. The van der Waals surface area contributed by atoms with Crippen LogP contribution in [-0.2, 0) is 11.3 Å². The van der Waals surface area contributed by atoms with Crippen LogP contribution >= 0.6 is 0 Å². The van der Waals surface area contributed by atoms with Gasteiger partial charge in [0.15, 0.2) is 11.5 Å². The molecule has 1 atom stereocenters. The van der Waals surface area contributed by atoms with Gasteiger partial charge in [-0.05, 0) is 29.8 Å². The lowest BCUT2D eigenvalue weighted by atomic mass is 9.87. The first-order chi connectivity index (χ1) is 14.3. The molecule has 3 heterocycles. The smallest absolute Gasteiger partial charge is 0.231 e. The van der Waals surface area contributed by atoms with Gasteiger partial charge in [0.1, 0.15) is 5.76 Å². The van der Waals surface area contributed by atoms with Crippen LogP contribution in [0.5, 0.6) is 11.5 Å². The minimum Gasteiger partial charge on any atom is -0.467 e. The summed E-state index contributed by atoms with van der Waals surface area (Å²) < 4.78 is 16.6. The molecular weight excluding hydrogens is 368 g/mol. The molecule has 1 aliphatic rings. The van der Waals surface area contributed by atoms with Gasteiger partial charge in [-0.2, -0.15) is 0 Å². The van der Waals surface area contributed by atoms with Gasteiger partial charge in [-0.3, -0.25) is 4.79 Å². The normalized spacial score (nSPS) is 13.5. The van der Waals surface area contributed by atoms with Gasteiger partial charge in [-0.25, -0.2) is 0 Å². The van der Waals surface area contributed by atoms with E-state index in [1.807, 2.05) is 48.7 Å². The number of carbonyl (C=O) groups is 1. The molecule has 2 aromatic carbocycles. The predicted molar refractivity (Wildman–Crippen MR) is 108 cm³/mol. The number of H-pyrrole nitrogens is 1. The van der Waals surface area contributed by atoms with Crippen LogP contribution in [0, 0.1) is 0 Å². The minimum absolute atomic E-state index is 0.0619. The van der Waals surface area contributed by atoms with Crippen molar-refractivity contribution in [2.75, 3.05) is 6.79 Å². The van der Waals surface area contributed by atoms with Crippen LogP contribution in [0.25, 0.3) is 10.9 Å². The van der Waals surface area contributed by atoms with E-state index in [2.05, 4.69) is 16.4 Å². The average Bonchev–Trinajstić information content (AvgIpc) is 3.51. The fourth-order valence-corrected chi connectivity index (χ4v) is 3.85. The Morgan fingerprint density at radius 3 is 2.86 bits per heavy atom. The van der Waals surface area contributed by atoms with E-state index in [4.69, 9.17) is 13.9 Å². The summed E-state index contributed by atoms with van der Waals surface area (Å²) in [5, 5.41) is 4.04. The molecule has 0 saturated heterocycles. The number of fused-ring (bicyclic) bond motifs is 2. The number of nitrogens with one attached hydrogen (secondary N) is 2. The monoisotopic (exact) mass is 388 g/mol. The van der Waals surface area contributed by atoms with Gasteiger partial charge in [0.05, 0.1) is 12.8 Å². The molecule has 29 heavy (non-hydrogen) atoms. The molecule has 1 amide bonds. The van der Waals surface area contributed by atoms with Crippen molar-refractivity contribution in [2.45, 2.75) is 18.9 Å². The summed E-state index contributed by atoms with van der Waals surface area (Å²) in [5.74, 6) is 1.90. The SMILES string of the molecule is O=C(C[C@H](c1cccc2c1OCO2)c1c[nH]c2ccccc12)NCc1ccco1. The Kier molecular flexibility index (Phi) is 4.44. The average molecular weight is 388 g/mol. The maximum Gasteiger partial charge on any atom is 0.231 e. The van der Waals surface area contributed by atoms with Crippen LogP contribution in [0.4, 0.5) is 0 Å². The number of hydrogen-bond donors (Lipinski definition) is 2. The quantitative estimate of drug-likeness (QED) is 0.516. The Bertz CT molecular complexity index is 1150. The molecule has 6 nitrogen and oxygen atoms in total. The van der Waals surface area contributed by atoms with Gasteiger partial charge in [-0.1, -0.05) is 30.3 Å². The number of para-hydroxylation sites is 2. The summed E-state index contributed by atoms with van der Waals surface area (Å²) in [6, 6.07) is 17.6. The zero-order valence-corrected chi connectivity index (χ0v) is 15.7. The molecule has 6 heteroatoms. The Labute approximate surface area is 167 Å². The van der Waals surface area contributed by atoms with Gasteiger partial charge in [0.2, 0.25) is 12.7 Å². The molecule has 4 aromatic rings. The first-order valence-corrected chi connectivity index (χ1v) is 9.53. The van der Waals surface area contributed by atoms with Crippen LogP contribution in [-0.4, -0.2) is 17.7 Å². The number of aromatic amines is 1. The topological polar surface area (TPSA) is 76.5 Å². The van der Waals surface area contributed by atoms with E-state index in [9.17, 15) is 4.79 Å². The molecule has 0 unspecified atom stereocenters. The van der Waals surface area contributed by atoms with Crippen molar-refractivity contribution in [3.63, 3.8) is 0 Å². The molecule has 0 fully saturated rings. The maximum absolute atomic E-state index is 12.8. The first kappa shape index (κ1) is 17.4. The molecule has 0 spiro atoms. The second kappa shape index (κ2) is 7.39. The van der Waals surface area contributed by atoms with Crippen LogP contribution in [0.3, 0.4) is 0 Å². The number of rotatable bonds is 6. The van der Waals surface area contributed by atoms with Gasteiger partial charge >= 0.3 is 0 Å².